The van der Waals surface area contributed by atoms with E-state index in [0.29, 0.717) is 5.57 Å². The number of rotatable bonds is 3. The molecule has 0 saturated carbocycles. The molecule has 0 aliphatic heterocycles. The Kier molecular flexibility index (Phi) is 4.71. The molecule has 0 saturated heterocycles. The van der Waals surface area contributed by atoms with Gasteiger partial charge >= 0.3 is 0 Å². The van der Waals surface area contributed by atoms with Crippen LogP contribution in [0.15, 0.2) is 29.8 Å². The lowest BCUT2D eigenvalue weighted by atomic mass is 10.2. The number of carbonyl (C=O) groups excluding carboxylic acids is 2. The Morgan fingerprint density at radius 2 is 2.06 bits per heavy atom. The van der Waals surface area contributed by atoms with Crippen LogP contribution < -0.4 is 4.90 Å². The standard InChI is InChI=1S/C12H12INO2/c1-9(8-15)7-12(16)14(2)11-6-4-3-5-10(11)13/h3-6H,7H2,1-2H3. The van der Waals surface area contributed by atoms with E-state index in [9.17, 15) is 9.59 Å². The summed E-state index contributed by atoms with van der Waals surface area (Å²) in [6.07, 6.45) is 0.116. The summed E-state index contributed by atoms with van der Waals surface area (Å²) in [5, 5.41) is 0. The number of halogens is 1. The third-order valence-corrected chi connectivity index (χ3v) is 3.09. The van der Waals surface area contributed by atoms with Gasteiger partial charge in [-0.1, -0.05) is 12.1 Å². The van der Waals surface area contributed by atoms with E-state index in [1.165, 1.54) is 0 Å². The van der Waals surface area contributed by atoms with Gasteiger partial charge in [-0.25, -0.2) is 4.79 Å². The summed E-state index contributed by atoms with van der Waals surface area (Å²) >= 11 is 2.17. The summed E-state index contributed by atoms with van der Waals surface area (Å²) in [4.78, 5) is 23.7. The molecule has 1 amide bonds. The molecular weight excluding hydrogens is 317 g/mol. The monoisotopic (exact) mass is 329 g/mol. The van der Waals surface area contributed by atoms with Gasteiger partial charge in [-0.2, -0.15) is 0 Å². The molecule has 0 fully saturated rings. The van der Waals surface area contributed by atoms with Gasteiger partial charge in [0.2, 0.25) is 5.91 Å². The Balaban J connectivity index is 2.86. The minimum Gasteiger partial charge on any atom is -0.314 e. The van der Waals surface area contributed by atoms with E-state index >= 15 is 0 Å². The Morgan fingerprint density at radius 1 is 1.44 bits per heavy atom. The lowest BCUT2D eigenvalue weighted by molar-refractivity contribution is -0.117. The number of amides is 1. The summed E-state index contributed by atoms with van der Waals surface area (Å²) < 4.78 is 1.00. The molecule has 0 aromatic heterocycles. The van der Waals surface area contributed by atoms with Crippen LogP contribution in [0.3, 0.4) is 0 Å². The molecule has 1 aromatic carbocycles. The van der Waals surface area contributed by atoms with Crippen molar-refractivity contribution in [2.45, 2.75) is 13.3 Å². The van der Waals surface area contributed by atoms with Gasteiger partial charge in [0.05, 0.1) is 12.1 Å². The second-order valence-corrected chi connectivity index (χ2v) is 4.63. The number of nitrogens with zero attached hydrogens (tertiary/aromatic N) is 1. The Hall–Kier alpha value is -1.13. The van der Waals surface area contributed by atoms with Crippen LogP contribution in [0.4, 0.5) is 5.69 Å². The van der Waals surface area contributed by atoms with Gasteiger partial charge in [0.1, 0.15) is 5.94 Å². The third-order valence-electron chi connectivity index (χ3n) is 2.18. The van der Waals surface area contributed by atoms with Crippen LogP contribution in [0.25, 0.3) is 0 Å². The average molecular weight is 329 g/mol. The maximum Gasteiger partial charge on any atom is 0.231 e. The van der Waals surface area contributed by atoms with E-state index in [1.54, 1.807) is 24.8 Å². The van der Waals surface area contributed by atoms with Gasteiger partial charge in [0, 0.05) is 16.2 Å². The van der Waals surface area contributed by atoms with Gasteiger partial charge in [-0.05, 0) is 41.6 Å². The first-order valence-corrected chi connectivity index (χ1v) is 5.85. The first kappa shape index (κ1) is 12.9. The minimum atomic E-state index is -0.107. The first-order valence-electron chi connectivity index (χ1n) is 4.78. The Bertz CT molecular complexity index is 450. The van der Waals surface area contributed by atoms with Crippen molar-refractivity contribution in [3.8, 4) is 0 Å². The van der Waals surface area contributed by atoms with Crippen LogP contribution in [-0.2, 0) is 9.59 Å². The Labute approximate surface area is 108 Å². The second kappa shape index (κ2) is 5.82. The molecule has 0 atom stereocenters. The largest absolute Gasteiger partial charge is 0.314 e. The maximum atomic E-state index is 11.8. The SMILES string of the molecule is CC(=C=O)CC(=O)N(C)c1ccccc1I. The molecule has 1 rings (SSSR count). The Morgan fingerprint density at radius 3 is 2.62 bits per heavy atom. The predicted octanol–water partition coefficient (Wildman–Crippen LogP) is 2.42. The zero-order valence-corrected chi connectivity index (χ0v) is 11.3. The van der Waals surface area contributed by atoms with E-state index < -0.39 is 0 Å². The molecule has 0 aliphatic rings. The highest BCUT2D eigenvalue weighted by atomic mass is 127. The van der Waals surface area contributed by atoms with Crippen LogP contribution in [0, 0.1) is 3.57 Å². The van der Waals surface area contributed by atoms with Gasteiger partial charge in [0.25, 0.3) is 0 Å². The molecule has 0 spiro atoms. The van der Waals surface area contributed by atoms with Crippen molar-refractivity contribution in [3.63, 3.8) is 0 Å². The summed E-state index contributed by atoms with van der Waals surface area (Å²) in [5.41, 5.74) is 1.27. The normalized spacial score (nSPS) is 9.44. The zero-order chi connectivity index (χ0) is 12.1. The summed E-state index contributed by atoms with van der Waals surface area (Å²) in [6.45, 7) is 1.61. The van der Waals surface area contributed by atoms with Crippen molar-refractivity contribution < 1.29 is 9.59 Å². The molecule has 4 heteroatoms. The third kappa shape index (κ3) is 3.18. The van der Waals surface area contributed by atoms with Crippen LogP contribution in [0.2, 0.25) is 0 Å². The minimum absolute atomic E-state index is 0.107. The topological polar surface area (TPSA) is 37.4 Å². The first-order chi connectivity index (χ1) is 7.56. The number of hydrogen-bond donors (Lipinski definition) is 0. The summed E-state index contributed by atoms with van der Waals surface area (Å²) in [6, 6.07) is 7.60. The second-order valence-electron chi connectivity index (χ2n) is 3.46. The molecular formula is C12H12INO2. The fraction of sp³-hybridized carbons (Fsp3) is 0.250. The lowest BCUT2D eigenvalue weighted by Crippen LogP contribution is -2.26. The van der Waals surface area contributed by atoms with Crippen LogP contribution in [0.1, 0.15) is 13.3 Å². The molecule has 0 N–H and O–H groups in total. The van der Waals surface area contributed by atoms with E-state index in [0.717, 1.165) is 9.26 Å². The van der Waals surface area contributed by atoms with E-state index in [-0.39, 0.29) is 12.3 Å². The number of anilines is 1. The van der Waals surface area contributed by atoms with E-state index in [4.69, 9.17) is 0 Å². The number of benzene rings is 1. The van der Waals surface area contributed by atoms with E-state index in [2.05, 4.69) is 22.6 Å². The number of hydrogen-bond acceptors (Lipinski definition) is 2. The number of carbonyl (C=O) groups is 1. The van der Waals surface area contributed by atoms with Gasteiger partial charge in [-0.15, -0.1) is 0 Å². The quantitative estimate of drug-likeness (QED) is 0.631. The molecule has 0 unspecified atom stereocenters. The molecule has 0 bridgehead atoms. The molecule has 0 heterocycles. The van der Waals surface area contributed by atoms with Crippen molar-refractivity contribution in [2.24, 2.45) is 0 Å². The molecule has 84 valence electrons. The lowest BCUT2D eigenvalue weighted by Gasteiger charge is -2.18. The molecule has 3 nitrogen and oxygen atoms in total. The zero-order valence-electron chi connectivity index (χ0n) is 9.16. The van der Waals surface area contributed by atoms with Crippen LogP contribution in [0.5, 0.6) is 0 Å². The molecule has 0 aliphatic carbocycles. The van der Waals surface area contributed by atoms with Crippen molar-refractivity contribution in [1.82, 2.24) is 0 Å². The summed E-state index contributed by atoms with van der Waals surface area (Å²) in [7, 11) is 1.71. The highest BCUT2D eigenvalue weighted by molar-refractivity contribution is 14.1. The van der Waals surface area contributed by atoms with Gasteiger partial charge < -0.3 is 4.90 Å². The highest BCUT2D eigenvalue weighted by Crippen LogP contribution is 2.21. The fourth-order valence-corrected chi connectivity index (χ4v) is 1.99. The van der Waals surface area contributed by atoms with Crippen molar-refractivity contribution in [2.75, 3.05) is 11.9 Å². The molecule has 0 radical (unpaired) electrons. The fourth-order valence-electron chi connectivity index (χ4n) is 1.24. The average Bonchev–Trinajstić information content (AvgIpc) is 2.28. The predicted molar refractivity (Wildman–Crippen MR) is 72.1 cm³/mol. The van der Waals surface area contributed by atoms with Crippen LogP contribution in [-0.4, -0.2) is 18.9 Å². The van der Waals surface area contributed by atoms with Crippen molar-refractivity contribution >= 4 is 40.1 Å². The maximum absolute atomic E-state index is 11.8. The molecule has 16 heavy (non-hydrogen) atoms. The molecule has 1 aromatic rings. The van der Waals surface area contributed by atoms with Crippen molar-refractivity contribution in [1.29, 1.82) is 0 Å². The van der Waals surface area contributed by atoms with Crippen molar-refractivity contribution in [3.05, 3.63) is 33.4 Å². The highest BCUT2D eigenvalue weighted by Gasteiger charge is 2.13. The smallest absolute Gasteiger partial charge is 0.231 e. The van der Waals surface area contributed by atoms with Gasteiger partial charge in [-0.3, -0.25) is 4.79 Å². The number of para-hydroxylation sites is 1. The van der Waals surface area contributed by atoms with Gasteiger partial charge in [0.15, 0.2) is 0 Å². The van der Waals surface area contributed by atoms with E-state index in [1.807, 2.05) is 24.3 Å². The summed E-state index contributed by atoms with van der Waals surface area (Å²) in [5.74, 6) is 1.63. The van der Waals surface area contributed by atoms with Crippen LogP contribution >= 0.6 is 22.6 Å².